The van der Waals surface area contributed by atoms with Crippen molar-refractivity contribution >= 4 is 17.2 Å². The molecule has 1 unspecified atom stereocenters. The monoisotopic (exact) mass is 348 g/mol. The van der Waals surface area contributed by atoms with Crippen LogP contribution in [0, 0.1) is 0 Å². The first-order valence-electron chi connectivity index (χ1n) is 7.86. The van der Waals surface area contributed by atoms with Crippen molar-refractivity contribution in [3.8, 4) is 5.75 Å². The summed E-state index contributed by atoms with van der Waals surface area (Å²) >= 11 is 1.60. The minimum Gasteiger partial charge on any atom is -0.497 e. The summed E-state index contributed by atoms with van der Waals surface area (Å²) in [7, 11) is 1.55. The van der Waals surface area contributed by atoms with Gasteiger partial charge in [0.15, 0.2) is 6.10 Å². The number of carbonyl (C=O) groups excluding carboxylic acids is 1. The van der Waals surface area contributed by atoms with Crippen LogP contribution in [0.5, 0.6) is 5.75 Å². The van der Waals surface area contributed by atoms with Gasteiger partial charge in [-0.1, -0.05) is 32.9 Å². The summed E-state index contributed by atoms with van der Waals surface area (Å²) in [6.07, 6.45) is -0.557. The van der Waals surface area contributed by atoms with E-state index in [0.717, 1.165) is 10.7 Å². The Balaban J connectivity index is 1.87. The van der Waals surface area contributed by atoms with E-state index in [1.807, 2.05) is 0 Å². The van der Waals surface area contributed by atoms with Crippen molar-refractivity contribution in [3.05, 3.63) is 45.9 Å². The minimum absolute atomic E-state index is 0.0283. The Labute approximate surface area is 146 Å². The number of carbonyl (C=O) groups is 1. The largest absolute Gasteiger partial charge is 0.497 e. The van der Waals surface area contributed by atoms with Gasteiger partial charge in [0.1, 0.15) is 5.75 Å². The minimum atomic E-state index is -1.21. The highest BCUT2D eigenvalue weighted by molar-refractivity contribution is 7.09. The SMILES string of the molecule is COc1cccc(C(O)C(=O)NCCc2nc(C(C)(C)C)cs2)c1. The molecule has 5 nitrogen and oxygen atoms in total. The van der Waals surface area contributed by atoms with Crippen molar-refractivity contribution in [2.75, 3.05) is 13.7 Å². The van der Waals surface area contributed by atoms with Crippen LogP contribution in [0.1, 0.15) is 43.1 Å². The summed E-state index contributed by atoms with van der Waals surface area (Å²) in [6, 6.07) is 6.86. The summed E-state index contributed by atoms with van der Waals surface area (Å²) in [5, 5.41) is 15.9. The van der Waals surface area contributed by atoms with E-state index in [1.165, 1.54) is 0 Å². The number of thiazole rings is 1. The van der Waals surface area contributed by atoms with E-state index in [-0.39, 0.29) is 5.41 Å². The number of methoxy groups -OCH3 is 1. The fraction of sp³-hybridized carbons (Fsp3) is 0.444. The summed E-state index contributed by atoms with van der Waals surface area (Å²) in [6.45, 7) is 6.81. The van der Waals surface area contributed by atoms with E-state index in [9.17, 15) is 9.90 Å². The lowest BCUT2D eigenvalue weighted by molar-refractivity contribution is -0.129. The van der Waals surface area contributed by atoms with Gasteiger partial charge in [-0.05, 0) is 17.7 Å². The highest BCUT2D eigenvalue weighted by Gasteiger charge is 2.19. The zero-order chi connectivity index (χ0) is 17.7. The van der Waals surface area contributed by atoms with Crippen molar-refractivity contribution in [2.45, 2.75) is 38.7 Å². The Kier molecular flexibility index (Phi) is 5.96. The second kappa shape index (κ2) is 7.77. The molecule has 2 rings (SSSR count). The number of rotatable bonds is 6. The molecule has 0 aliphatic heterocycles. The van der Waals surface area contributed by atoms with Crippen molar-refractivity contribution < 1.29 is 14.6 Å². The van der Waals surface area contributed by atoms with Gasteiger partial charge in [-0.3, -0.25) is 4.79 Å². The third-order valence-electron chi connectivity index (χ3n) is 3.62. The summed E-state index contributed by atoms with van der Waals surface area (Å²) in [5.41, 5.74) is 1.60. The first-order chi connectivity index (χ1) is 11.3. The number of ether oxygens (including phenoxy) is 1. The number of benzene rings is 1. The van der Waals surface area contributed by atoms with E-state index < -0.39 is 12.0 Å². The third kappa shape index (κ3) is 4.79. The van der Waals surface area contributed by atoms with E-state index in [4.69, 9.17) is 4.74 Å². The van der Waals surface area contributed by atoms with Gasteiger partial charge in [0.25, 0.3) is 5.91 Å². The van der Waals surface area contributed by atoms with E-state index in [1.54, 1.807) is 42.7 Å². The van der Waals surface area contributed by atoms with Crippen LogP contribution in [-0.4, -0.2) is 29.7 Å². The van der Waals surface area contributed by atoms with Gasteiger partial charge in [0.05, 0.1) is 17.8 Å². The summed E-state index contributed by atoms with van der Waals surface area (Å²) in [4.78, 5) is 16.7. The first-order valence-corrected chi connectivity index (χ1v) is 8.74. The van der Waals surface area contributed by atoms with Crippen LogP contribution in [0.25, 0.3) is 0 Å². The van der Waals surface area contributed by atoms with Crippen LogP contribution in [0.4, 0.5) is 0 Å². The Morgan fingerprint density at radius 2 is 2.17 bits per heavy atom. The molecule has 1 amide bonds. The Morgan fingerprint density at radius 3 is 2.79 bits per heavy atom. The summed E-state index contributed by atoms with van der Waals surface area (Å²) in [5.74, 6) is 0.188. The van der Waals surface area contributed by atoms with Gasteiger partial charge in [-0.15, -0.1) is 11.3 Å². The number of nitrogens with one attached hydrogen (secondary N) is 1. The second-order valence-electron chi connectivity index (χ2n) is 6.60. The van der Waals surface area contributed by atoms with Crippen LogP contribution in [0.15, 0.2) is 29.6 Å². The highest BCUT2D eigenvalue weighted by Crippen LogP contribution is 2.24. The molecule has 2 aromatic rings. The lowest BCUT2D eigenvalue weighted by Crippen LogP contribution is -2.31. The number of hydrogen-bond donors (Lipinski definition) is 2. The van der Waals surface area contributed by atoms with Crippen molar-refractivity contribution in [1.82, 2.24) is 10.3 Å². The zero-order valence-electron chi connectivity index (χ0n) is 14.5. The van der Waals surface area contributed by atoms with Gasteiger partial charge in [-0.25, -0.2) is 4.98 Å². The molecule has 1 aromatic carbocycles. The van der Waals surface area contributed by atoms with Crippen LogP contribution in [-0.2, 0) is 16.6 Å². The van der Waals surface area contributed by atoms with Crippen molar-refractivity contribution in [1.29, 1.82) is 0 Å². The maximum atomic E-state index is 12.1. The number of hydrogen-bond acceptors (Lipinski definition) is 5. The quantitative estimate of drug-likeness (QED) is 0.842. The molecule has 0 radical (unpaired) electrons. The molecule has 1 atom stereocenters. The fourth-order valence-corrected chi connectivity index (χ4v) is 3.15. The molecule has 0 bridgehead atoms. The molecule has 0 spiro atoms. The predicted molar refractivity (Wildman–Crippen MR) is 95.5 cm³/mol. The molecular weight excluding hydrogens is 324 g/mol. The van der Waals surface area contributed by atoms with E-state index >= 15 is 0 Å². The molecule has 0 saturated heterocycles. The van der Waals surface area contributed by atoms with Gasteiger partial charge < -0.3 is 15.2 Å². The lowest BCUT2D eigenvalue weighted by atomic mass is 9.93. The second-order valence-corrected chi connectivity index (χ2v) is 7.54. The standard InChI is InChI=1S/C18H24N2O3S/c1-18(2,3)14-11-24-15(20-14)8-9-19-17(22)16(21)12-6-5-7-13(10-12)23-4/h5-7,10-11,16,21H,8-9H2,1-4H3,(H,19,22). The van der Waals surface area contributed by atoms with Crippen molar-refractivity contribution in [2.24, 2.45) is 0 Å². The van der Waals surface area contributed by atoms with Crippen LogP contribution < -0.4 is 10.1 Å². The van der Waals surface area contributed by atoms with Crippen LogP contribution >= 0.6 is 11.3 Å². The number of amides is 1. The molecule has 1 aromatic heterocycles. The Hall–Kier alpha value is -1.92. The molecule has 2 N–H and O–H groups in total. The Morgan fingerprint density at radius 1 is 1.42 bits per heavy atom. The van der Waals surface area contributed by atoms with Gasteiger partial charge in [0, 0.05) is 23.8 Å². The number of nitrogens with zero attached hydrogens (tertiary/aromatic N) is 1. The number of aliphatic hydroxyl groups is 1. The van der Waals surface area contributed by atoms with Gasteiger partial charge in [0.2, 0.25) is 0 Å². The molecule has 0 aliphatic carbocycles. The maximum Gasteiger partial charge on any atom is 0.253 e. The lowest BCUT2D eigenvalue weighted by Gasteiger charge is -2.14. The molecule has 24 heavy (non-hydrogen) atoms. The predicted octanol–water partition coefficient (Wildman–Crippen LogP) is 2.84. The number of aliphatic hydroxyl groups excluding tert-OH is 1. The molecule has 0 aliphatic rings. The average Bonchev–Trinajstić information content (AvgIpc) is 3.03. The molecule has 1 heterocycles. The molecule has 0 saturated carbocycles. The average molecular weight is 348 g/mol. The smallest absolute Gasteiger partial charge is 0.253 e. The van der Waals surface area contributed by atoms with E-state index in [2.05, 4.69) is 36.5 Å². The highest BCUT2D eigenvalue weighted by atomic mass is 32.1. The zero-order valence-corrected chi connectivity index (χ0v) is 15.3. The maximum absolute atomic E-state index is 12.1. The van der Waals surface area contributed by atoms with Gasteiger partial charge in [-0.2, -0.15) is 0 Å². The fourth-order valence-electron chi connectivity index (χ4n) is 2.12. The molecule has 0 fully saturated rings. The van der Waals surface area contributed by atoms with E-state index in [0.29, 0.717) is 24.3 Å². The molecular formula is C18H24N2O3S. The normalized spacial score (nSPS) is 12.7. The number of aromatic nitrogens is 1. The topological polar surface area (TPSA) is 71.5 Å². The third-order valence-corrected chi connectivity index (χ3v) is 4.52. The summed E-state index contributed by atoms with van der Waals surface area (Å²) < 4.78 is 5.10. The Bertz CT molecular complexity index is 692. The first kappa shape index (κ1) is 18.4. The van der Waals surface area contributed by atoms with Crippen molar-refractivity contribution in [3.63, 3.8) is 0 Å². The van der Waals surface area contributed by atoms with Crippen LogP contribution in [0.2, 0.25) is 0 Å². The van der Waals surface area contributed by atoms with Gasteiger partial charge >= 0.3 is 0 Å². The molecule has 130 valence electrons. The van der Waals surface area contributed by atoms with Crippen LogP contribution in [0.3, 0.4) is 0 Å². The molecule has 6 heteroatoms.